The molecular weight excluding hydrogens is 276 g/mol. The molecule has 0 saturated carbocycles. The van der Waals surface area contributed by atoms with Crippen LogP contribution in [-0.4, -0.2) is 10.9 Å². The summed E-state index contributed by atoms with van der Waals surface area (Å²) in [5, 5.41) is 9.48. The van der Waals surface area contributed by atoms with Gasteiger partial charge in [0.1, 0.15) is 5.75 Å². The van der Waals surface area contributed by atoms with Crippen LogP contribution in [-0.2, 0) is 0 Å². The molecule has 0 bridgehead atoms. The predicted molar refractivity (Wildman–Crippen MR) is 89.6 cm³/mol. The van der Waals surface area contributed by atoms with Crippen molar-refractivity contribution in [2.75, 3.05) is 0 Å². The van der Waals surface area contributed by atoms with E-state index in [1.54, 1.807) is 18.2 Å². The molecule has 1 atom stereocenters. The van der Waals surface area contributed by atoms with Gasteiger partial charge in [-0.1, -0.05) is 58.3 Å². The summed E-state index contributed by atoms with van der Waals surface area (Å²) in [6.07, 6.45) is 12.7. The lowest BCUT2D eigenvalue weighted by atomic mass is 10.0. The maximum atomic E-state index is 9.48. The van der Waals surface area contributed by atoms with Gasteiger partial charge >= 0.3 is 0 Å². The number of phenols is 1. The van der Waals surface area contributed by atoms with Crippen LogP contribution in [0.3, 0.4) is 0 Å². The molecule has 1 aromatic carbocycles. The summed E-state index contributed by atoms with van der Waals surface area (Å²) in [6.45, 7) is 4.24. The first kappa shape index (κ1) is 17.0. The van der Waals surface area contributed by atoms with Gasteiger partial charge in [-0.25, -0.2) is 0 Å². The van der Waals surface area contributed by atoms with Gasteiger partial charge in [0.2, 0.25) is 5.79 Å². The monoisotopic (exact) mass is 306 g/mol. The molecule has 0 radical (unpaired) electrons. The minimum atomic E-state index is -0.572. The average Bonchev–Trinajstić information content (AvgIpc) is 2.81. The quantitative estimate of drug-likeness (QED) is 0.555. The van der Waals surface area contributed by atoms with Crippen LogP contribution < -0.4 is 9.47 Å². The topological polar surface area (TPSA) is 38.7 Å². The van der Waals surface area contributed by atoms with Gasteiger partial charge in [0.15, 0.2) is 11.5 Å². The number of ether oxygens (including phenoxy) is 2. The van der Waals surface area contributed by atoms with Gasteiger partial charge in [0, 0.05) is 19.4 Å². The number of hydrogen-bond acceptors (Lipinski definition) is 3. The van der Waals surface area contributed by atoms with Crippen molar-refractivity contribution in [3.05, 3.63) is 18.2 Å². The van der Waals surface area contributed by atoms with Gasteiger partial charge in [-0.05, 0) is 18.6 Å². The molecule has 0 aromatic heterocycles. The van der Waals surface area contributed by atoms with Crippen molar-refractivity contribution < 1.29 is 14.6 Å². The summed E-state index contributed by atoms with van der Waals surface area (Å²) in [5.74, 6) is 1.03. The first-order valence-electron chi connectivity index (χ1n) is 8.84. The Labute approximate surface area is 134 Å². The van der Waals surface area contributed by atoms with Crippen LogP contribution >= 0.6 is 0 Å². The Morgan fingerprint density at radius 1 is 0.864 bits per heavy atom. The number of benzene rings is 1. The molecule has 1 unspecified atom stereocenters. The van der Waals surface area contributed by atoms with E-state index in [-0.39, 0.29) is 5.75 Å². The predicted octanol–water partition coefficient (Wildman–Crippen LogP) is 5.80. The molecule has 124 valence electrons. The van der Waals surface area contributed by atoms with E-state index < -0.39 is 5.79 Å². The summed E-state index contributed by atoms with van der Waals surface area (Å²) < 4.78 is 11.8. The minimum absolute atomic E-state index is 0.217. The summed E-state index contributed by atoms with van der Waals surface area (Å²) in [4.78, 5) is 0. The SMILES string of the molecule is CCCCCCCCCCCC1(C)Oc2ccc(O)cc2O1. The number of phenolic OH excluding ortho intramolecular Hbond substituents is 1. The largest absolute Gasteiger partial charge is 0.508 e. The number of hydrogen-bond donors (Lipinski definition) is 1. The van der Waals surface area contributed by atoms with Crippen LogP contribution in [0.4, 0.5) is 0 Å². The lowest BCUT2D eigenvalue weighted by Crippen LogP contribution is -2.34. The zero-order valence-electron chi connectivity index (χ0n) is 14.1. The molecule has 0 saturated heterocycles. The van der Waals surface area contributed by atoms with E-state index in [1.807, 2.05) is 6.92 Å². The minimum Gasteiger partial charge on any atom is -0.508 e. The lowest BCUT2D eigenvalue weighted by Gasteiger charge is -2.22. The van der Waals surface area contributed by atoms with E-state index in [1.165, 1.54) is 51.4 Å². The molecule has 22 heavy (non-hydrogen) atoms. The number of unbranched alkanes of at least 4 members (excludes halogenated alkanes) is 8. The molecule has 3 nitrogen and oxygen atoms in total. The van der Waals surface area contributed by atoms with Crippen LogP contribution in [0, 0.1) is 0 Å². The summed E-state index contributed by atoms with van der Waals surface area (Å²) in [7, 11) is 0. The average molecular weight is 306 g/mol. The molecule has 1 heterocycles. The Morgan fingerprint density at radius 2 is 1.45 bits per heavy atom. The van der Waals surface area contributed by atoms with Gasteiger partial charge in [0.05, 0.1) is 0 Å². The third-order valence-corrected chi connectivity index (χ3v) is 4.31. The smallest absolute Gasteiger partial charge is 0.248 e. The molecule has 0 fully saturated rings. The molecule has 0 amide bonds. The molecule has 2 rings (SSSR count). The van der Waals surface area contributed by atoms with Crippen LogP contribution in [0.2, 0.25) is 0 Å². The van der Waals surface area contributed by atoms with Crippen molar-refractivity contribution in [2.45, 2.75) is 83.8 Å². The van der Waals surface area contributed by atoms with E-state index in [9.17, 15) is 5.11 Å². The zero-order chi connectivity index (χ0) is 15.8. The van der Waals surface area contributed by atoms with Gasteiger partial charge in [-0.3, -0.25) is 0 Å². The second-order valence-electron chi connectivity index (χ2n) is 6.55. The Bertz CT molecular complexity index is 458. The van der Waals surface area contributed by atoms with Crippen molar-refractivity contribution in [1.29, 1.82) is 0 Å². The van der Waals surface area contributed by atoms with E-state index >= 15 is 0 Å². The fourth-order valence-electron chi connectivity index (χ4n) is 3.01. The fraction of sp³-hybridized carbons (Fsp3) is 0.684. The van der Waals surface area contributed by atoms with Gasteiger partial charge in [-0.2, -0.15) is 0 Å². The number of rotatable bonds is 10. The third kappa shape index (κ3) is 5.11. The van der Waals surface area contributed by atoms with Crippen molar-refractivity contribution in [3.8, 4) is 17.2 Å². The van der Waals surface area contributed by atoms with Crippen LogP contribution in [0.1, 0.15) is 78.1 Å². The molecule has 1 aromatic rings. The molecule has 1 N–H and O–H groups in total. The Balaban J connectivity index is 1.58. The number of aromatic hydroxyl groups is 1. The third-order valence-electron chi connectivity index (χ3n) is 4.31. The van der Waals surface area contributed by atoms with Crippen molar-refractivity contribution in [3.63, 3.8) is 0 Å². The Kier molecular flexibility index (Phi) is 6.41. The van der Waals surface area contributed by atoms with Gasteiger partial charge in [-0.15, -0.1) is 0 Å². The molecule has 0 aliphatic carbocycles. The molecule has 1 aliphatic heterocycles. The highest BCUT2D eigenvalue weighted by Crippen LogP contribution is 2.42. The van der Waals surface area contributed by atoms with E-state index in [4.69, 9.17) is 9.47 Å². The first-order valence-corrected chi connectivity index (χ1v) is 8.84. The number of fused-ring (bicyclic) bond motifs is 1. The Morgan fingerprint density at radius 3 is 2.14 bits per heavy atom. The lowest BCUT2D eigenvalue weighted by molar-refractivity contribution is -0.0696. The standard InChI is InChI=1S/C19H30O3/c1-3-4-5-6-7-8-9-10-11-14-19(2)21-17-13-12-16(20)15-18(17)22-19/h12-13,15,20H,3-11,14H2,1-2H3. The van der Waals surface area contributed by atoms with Crippen LogP contribution in [0.15, 0.2) is 18.2 Å². The highest BCUT2D eigenvalue weighted by molar-refractivity contribution is 5.47. The summed E-state index contributed by atoms with van der Waals surface area (Å²) in [6, 6.07) is 5.02. The normalized spacial score (nSPS) is 19.5. The molecule has 0 spiro atoms. The summed E-state index contributed by atoms with van der Waals surface area (Å²) in [5.41, 5.74) is 0. The van der Waals surface area contributed by atoms with Crippen molar-refractivity contribution in [1.82, 2.24) is 0 Å². The van der Waals surface area contributed by atoms with E-state index in [0.29, 0.717) is 5.75 Å². The second-order valence-corrected chi connectivity index (χ2v) is 6.55. The van der Waals surface area contributed by atoms with Gasteiger partial charge in [0.25, 0.3) is 0 Å². The van der Waals surface area contributed by atoms with Crippen LogP contribution in [0.5, 0.6) is 17.2 Å². The zero-order valence-corrected chi connectivity index (χ0v) is 14.1. The first-order chi connectivity index (χ1) is 10.6. The van der Waals surface area contributed by atoms with E-state index in [0.717, 1.165) is 18.6 Å². The Hall–Kier alpha value is -1.38. The maximum Gasteiger partial charge on any atom is 0.248 e. The molecular formula is C19H30O3. The van der Waals surface area contributed by atoms with Gasteiger partial charge < -0.3 is 14.6 Å². The van der Waals surface area contributed by atoms with Crippen molar-refractivity contribution >= 4 is 0 Å². The highest BCUT2D eigenvalue weighted by atomic mass is 16.7. The van der Waals surface area contributed by atoms with Crippen molar-refractivity contribution in [2.24, 2.45) is 0 Å². The second kappa shape index (κ2) is 8.30. The van der Waals surface area contributed by atoms with Crippen LogP contribution in [0.25, 0.3) is 0 Å². The maximum absolute atomic E-state index is 9.48. The fourth-order valence-corrected chi connectivity index (χ4v) is 3.01. The summed E-state index contributed by atoms with van der Waals surface area (Å²) >= 11 is 0. The molecule has 1 aliphatic rings. The highest BCUT2D eigenvalue weighted by Gasteiger charge is 2.36. The molecule has 3 heteroatoms. The van der Waals surface area contributed by atoms with E-state index in [2.05, 4.69) is 6.92 Å².